The van der Waals surface area contributed by atoms with Crippen LogP contribution in [0.5, 0.6) is 0 Å². The first-order valence-corrected chi connectivity index (χ1v) is 10.4. The average Bonchev–Trinajstić information content (AvgIpc) is 2.55. The molecule has 0 aromatic heterocycles. The normalized spacial score (nSPS) is 11.6. The molecule has 0 radical (unpaired) electrons. The van der Waals surface area contributed by atoms with E-state index < -0.39 is 10.0 Å². The lowest BCUT2D eigenvalue weighted by molar-refractivity contribution is -0.116. The predicted molar refractivity (Wildman–Crippen MR) is 106 cm³/mol. The molecule has 2 aromatic rings. The molecule has 0 aliphatic rings. The number of benzene rings is 2. The molecule has 5 nitrogen and oxygen atoms in total. The Kier molecular flexibility index (Phi) is 6.56. The van der Waals surface area contributed by atoms with E-state index in [1.807, 2.05) is 63.2 Å². The number of sulfonamides is 1. The zero-order valence-electron chi connectivity index (χ0n) is 15.7. The Balaban J connectivity index is 2.03. The number of rotatable bonds is 7. The molecular formula is C20H26N2O3S. The van der Waals surface area contributed by atoms with Gasteiger partial charge in [0.05, 0.1) is 6.26 Å². The smallest absolute Gasteiger partial charge is 0.225 e. The Hall–Kier alpha value is -2.18. The molecule has 1 N–H and O–H groups in total. The van der Waals surface area contributed by atoms with Gasteiger partial charge in [-0.1, -0.05) is 48.0 Å². The van der Waals surface area contributed by atoms with E-state index in [0.29, 0.717) is 0 Å². The Morgan fingerprint density at radius 2 is 1.58 bits per heavy atom. The first-order valence-electron chi connectivity index (χ1n) is 8.53. The summed E-state index contributed by atoms with van der Waals surface area (Å²) in [6.45, 7) is 6.25. The third-order valence-corrected chi connectivity index (χ3v) is 5.53. The van der Waals surface area contributed by atoms with Gasteiger partial charge in [-0.2, -0.15) is 4.31 Å². The summed E-state index contributed by atoms with van der Waals surface area (Å²) in [4.78, 5) is 12.3. The molecule has 0 aliphatic heterocycles. The van der Waals surface area contributed by atoms with Crippen molar-refractivity contribution in [2.24, 2.45) is 0 Å². The highest BCUT2D eigenvalue weighted by Gasteiger charge is 2.18. The lowest BCUT2D eigenvalue weighted by Crippen LogP contribution is -2.32. The van der Waals surface area contributed by atoms with Gasteiger partial charge in [-0.3, -0.25) is 4.79 Å². The summed E-state index contributed by atoms with van der Waals surface area (Å²) in [5.74, 6) is -0.194. The summed E-state index contributed by atoms with van der Waals surface area (Å²) in [5.41, 5.74) is 4.78. The van der Waals surface area contributed by atoms with Gasteiger partial charge in [0.15, 0.2) is 0 Å². The second kappa shape index (κ2) is 8.47. The fourth-order valence-electron chi connectivity index (χ4n) is 2.70. The van der Waals surface area contributed by atoms with Crippen LogP contribution in [0.2, 0.25) is 0 Å². The van der Waals surface area contributed by atoms with E-state index in [4.69, 9.17) is 0 Å². The molecule has 0 spiro atoms. The maximum Gasteiger partial charge on any atom is 0.225 e. The minimum absolute atomic E-state index is 0.104. The number of para-hydroxylation sites is 1. The Morgan fingerprint density at radius 1 is 1.00 bits per heavy atom. The summed E-state index contributed by atoms with van der Waals surface area (Å²) >= 11 is 0. The maximum atomic E-state index is 12.3. The summed E-state index contributed by atoms with van der Waals surface area (Å²) in [5, 5.41) is 2.90. The van der Waals surface area contributed by atoms with E-state index in [9.17, 15) is 13.2 Å². The van der Waals surface area contributed by atoms with Crippen molar-refractivity contribution in [2.45, 2.75) is 33.7 Å². The van der Waals surface area contributed by atoms with Gasteiger partial charge in [0, 0.05) is 25.2 Å². The molecule has 6 heteroatoms. The van der Waals surface area contributed by atoms with Crippen LogP contribution in [0, 0.1) is 20.8 Å². The highest BCUT2D eigenvalue weighted by Crippen LogP contribution is 2.19. The number of amides is 1. The van der Waals surface area contributed by atoms with Gasteiger partial charge in [0.1, 0.15) is 0 Å². The van der Waals surface area contributed by atoms with Gasteiger partial charge < -0.3 is 5.32 Å². The van der Waals surface area contributed by atoms with Gasteiger partial charge in [-0.25, -0.2) is 8.42 Å². The number of aryl methyl sites for hydroxylation is 3. The fraction of sp³-hybridized carbons (Fsp3) is 0.350. The fourth-order valence-corrected chi connectivity index (χ4v) is 3.51. The van der Waals surface area contributed by atoms with Crippen LogP contribution in [-0.2, 0) is 21.4 Å². The molecule has 0 fully saturated rings. The minimum atomic E-state index is -3.40. The van der Waals surface area contributed by atoms with E-state index in [-0.39, 0.29) is 25.4 Å². The zero-order chi connectivity index (χ0) is 19.3. The number of hydrogen-bond acceptors (Lipinski definition) is 3. The highest BCUT2D eigenvalue weighted by atomic mass is 32.2. The molecular weight excluding hydrogens is 348 g/mol. The van der Waals surface area contributed by atoms with Gasteiger partial charge in [-0.05, 0) is 37.5 Å². The van der Waals surface area contributed by atoms with Crippen molar-refractivity contribution in [3.05, 3.63) is 64.7 Å². The van der Waals surface area contributed by atoms with Gasteiger partial charge in [0.2, 0.25) is 15.9 Å². The number of carbonyl (C=O) groups is 1. The van der Waals surface area contributed by atoms with Gasteiger partial charge in [0.25, 0.3) is 0 Å². The summed E-state index contributed by atoms with van der Waals surface area (Å²) in [6.07, 6.45) is 1.28. The van der Waals surface area contributed by atoms with Crippen LogP contribution in [0.3, 0.4) is 0 Å². The molecule has 2 aromatic carbocycles. The van der Waals surface area contributed by atoms with E-state index in [0.717, 1.165) is 27.9 Å². The van der Waals surface area contributed by atoms with Crippen molar-refractivity contribution < 1.29 is 13.2 Å². The lowest BCUT2D eigenvalue weighted by Gasteiger charge is -2.20. The third-order valence-electron chi connectivity index (χ3n) is 4.28. The molecule has 140 valence electrons. The topological polar surface area (TPSA) is 66.5 Å². The number of anilines is 1. The Labute approximate surface area is 156 Å². The molecule has 0 bridgehead atoms. The number of nitrogens with zero attached hydrogens (tertiary/aromatic N) is 1. The Morgan fingerprint density at radius 3 is 2.12 bits per heavy atom. The monoisotopic (exact) mass is 374 g/mol. The molecule has 26 heavy (non-hydrogen) atoms. The molecule has 2 rings (SSSR count). The van der Waals surface area contributed by atoms with Crippen LogP contribution in [0.15, 0.2) is 42.5 Å². The largest absolute Gasteiger partial charge is 0.326 e. The summed E-state index contributed by atoms with van der Waals surface area (Å²) in [7, 11) is -3.40. The van der Waals surface area contributed by atoms with E-state index in [2.05, 4.69) is 5.32 Å². The second-order valence-electron chi connectivity index (χ2n) is 6.65. The van der Waals surface area contributed by atoms with Crippen LogP contribution in [-0.4, -0.2) is 31.4 Å². The average molecular weight is 375 g/mol. The summed E-state index contributed by atoms with van der Waals surface area (Å²) < 4.78 is 25.5. The Bertz CT molecular complexity index is 854. The number of nitrogens with one attached hydrogen (secondary N) is 1. The second-order valence-corrected chi connectivity index (χ2v) is 8.63. The SMILES string of the molecule is Cc1ccc(CN(CCC(=O)Nc2c(C)cccc2C)S(C)(=O)=O)cc1. The minimum Gasteiger partial charge on any atom is -0.326 e. The molecule has 0 saturated heterocycles. The molecule has 0 saturated carbocycles. The quantitative estimate of drug-likeness (QED) is 0.808. The van der Waals surface area contributed by atoms with E-state index in [1.165, 1.54) is 10.6 Å². The maximum absolute atomic E-state index is 12.3. The van der Waals surface area contributed by atoms with Crippen molar-refractivity contribution >= 4 is 21.6 Å². The van der Waals surface area contributed by atoms with Crippen LogP contribution in [0.1, 0.15) is 28.7 Å². The first-order chi connectivity index (χ1) is 12.2. The van der Waals surface area contributed by atoms with Crippen LogP contribution in [0.25, 0.3) is 0 Å². The van der Waals surface area contributed by atoms with Crippen molar-refractivity contribution in [3.8, 4) is 0 Å². The number of hydrogen-bond donors (Lipinski definition) is 1. The lowest BCUT2D eigenvalue weighted by atomic mass is 10.1. The first kappa shape index (κ1) is 20.1. The zero-order valence-corrected chi connectivity index (χ0v) is 16.6. The van der Waals surface area contributed by atoms with Gasteiger partial charge >= 0.3 is 0 Å². The van der Waals surface area contributed by atoms with Crippen LogP contribution >= 0.6 is 0 Å². The molecule has 0 unspecified atom stereocenters. The number of carbonyl (C=O) groups excluding carboxylic acids is 1. The summed E-state index contributed by atoms with van der Waals surface area (Å²) in [6, 6.07) is 13.5. The van der Waals surface area contributed by atoms with Crippen LogP contribution < -0.4 is 5.32 Å². The van der Waals surface area contributed by atoms with Crippen molar-refractivity contribution in [1.82, 2.24) is 4.31 Å². The van der Waals surface area contributed by atoms with Gasteiger partial charge in [-0.15, -0.1) is 0 Å². The standard InChI is InChI=1S/C20H26N2O3S/c1-15-8-10-18(11-9-15)14-22(26(4,24)25)13-12-19(23)21-20-16(2)6-5-7-17(20)3/h5-11H,12-14H2,1-4H3,(H,21,23). The van der Waals surface area contributed by atoms with Crippen molar-refractivity contribution in [2.75, 3.05) is 18.1 Å². The molecule has 0 heterocycles. The van der Waals surface area contributed by atoms with Crippen LogP contribution in [0.4, 0.5) is 5.69 Å². The van der Waals surface area contributed by atoms with Crippen molar-refractivity contribution in [1.29, 1.82) is 0 Å². The molecule has 0 aliphatic carbocycles. The van der Waals surface area contributed by atoms with E-state index in [1.54, 1.807) is 0 Å². The van der Waals surface area contributed by atoms with Crippen molar-refractivity contribution in [3.63, 3.8) is 0 Å². The molecule has 0 atom stereocenters. The molecule has 1 amide bonds. The third kappa shape index (κ3) is 5.68. The predicted octanol–water partition coefficient (Wildman–Crippen LogP) is 3.40. The van der Waals surface area contributed by atoms with E-state index >= 15 is 0 Å². The highest BCUT2D eigenvalue weighted by molar-refractivity contribution is 7.88.